The van der Waals surface area contributed by atoms with E-state index in [2.05, 4.69) is 36.4 Å². The van der Waals surface area contributed by atoms with Gasteiger partial charge < -0.3 is 4.74 Å². The van der Waals surface area contributed by atoms with Crippen molar-refractivity contribution in [3.8, 4) is 0 Å². The van der Waals surface area contributed by atoms with E-state index >= 15 is 0 Å². The van der Waals surface area contributed by atoms with Crippen LogP contribution < -0.4 is 0 Å². The van der Waals surface area contributed by atoms with Gasteiger partial charge in [-0.2, -0.15) is 0 Å². The highest BCUT2D eigenvalue weighted by Crippen LogP contribution is 2.60. The van der Waals surface area contributed by atoms with Gasteiger partial charge in [0.1, 0.15) is 0 Å². The van der Waals surface area contributed by atoms with Crippen LogP contribution in [0.1, 0.15) is 23.0 Å². The van der Waals surface area contributed by atoms with E-state index < -0.39 is 0 Å². The van der Waals surface area contributed by atoms with Crippen LogP contribution in [-0.4, -0.2) is 11.9 Å². The molecule has 6 atom stereocenters. The normalized spacial score (nSPS) is 35.5. The van der Waals surface area contributed by atoms with Crippen LogP contribution in [0.25, 0.3) is 0 Å². The fourth-order valence-corrected chi connectivity index (χ4v) is 5.19. The Hall–Kier alpha value is -2.68. The molecule has 1 aliphatic heterocycles. The lowest BCUT2D eigenvalue weighted by atomic mass is 9.51. The van der Waals surface area contributed by atoms with E-state index in [1.807, 2.05) is 36.4 Å². The first kappa shape index (κ1) is 14.6. The molecule has 0 spiro atoms. The number of fused-ring (bicyclic) bond motifs is 1. The van der Waals surface area contributed by atoms with Crippen LogP contribution in [0.3, 0.4) is 0 Å². The third-order valence-corrected chi connectivity index (χ3v) is 6.10. The minimum atomic E-state index is -0.346. The van der Waals surface area contributed by atoms with E-state index in [1.54, 1.807) is 0 Å². The second kappa shape index (κ2) is 5.41. The maximum Gasteiger partial charge on any atom is 0.318 e. The van der Waals surface area contributed by atoms with Crippen molar-refractivity contribution in [3.05, 3.63) is 83.9 Å². The Morgan fingerprint density at radius 2 is 0.960 bits per heavy atom. The smallest absolute Gasteiger partial charge is 0.318 e. The molecule has 3 heteroatoms. The lowest BCUT2D eigenvalue weighted by Gasteiger charge is -2.49. The van der Waals surface area contributed by atoms with Crippen LogP contribution in [0.5, 0.6) is 0 Å². The Balaban J connectivity index is 1.69. The zero-order chi connectivity index (χ0) is 17.0. The first-order valence-electron chi connectivity index (χ1n) is 8.79. The van der Waals surface area contributed by atoms with E-state index in [9.17, 15) is 9.59 Å². The molecular formula is C22H18O3. The number of carbonyl (C=O) groups is 2. The highest BCUT2D eigenvalue weighted by Gasteiger charge is 2.61. The number of rotatable bonds is 2. The zero-order valence-corrected chi connectivity index (χ0v) is 13.6. The number of esters is 2. The van der Waals surface area contributed by atoms with Crippen LogP contribution in [-0.2, 0) is 14.3 Å². The summed E-state index contributed by atoms with van der Waals surface area (Å²) in [6, 6.07) is 20.7. The fraction of sp³-hybridized carbons (Fsp3) is 0.273. The van der Waals surface area contributed by atoms with Gasteiger partial charge >= 0.3 is 11.9 Å². The minimum absolute atomic E-state index is 0.00144. The van der Waals surface area contributed by atoms with Crippen molar-refractivity contribution in [2.45, 2.75) is 11.8 Å². The molecule has 1 saturated heterocycles. The van der Waals surface area contributed by atoms with Crippen molar-refractivity contribution in [1.29, 1.82) is 0 Å². The molecule has 25 heavy (non-hydrogen) atoms. The van der Waals surface area contributed by atoms with E-state index in [-0.39, 0.29) is 47.4 Å². The average molecular weight is 330 g/mol. The molecule has 6 rings (SSSR count). The molecule has 0 N–H and O–H groups in total. The topological polar surface area (TPSA) is 43.4 Å². The number of benzene rings is 2. The number of cyclic esters (lactones) is 2. The Morgan fingerprint density at radius 1 is 0.560 bits per heavy atom. The fourth-order valence-electron chi connectivity index (χ4n) is 5.19. The van der Waals surface area contributed by atoms with Crippen LogP contribution in [0.2, 0.25) is 0 Å². The summed E-state index contributed by atoms with van der Waals surface area (Å²) in [6.07, 6.45) is 4.28. The minimum Gasteiger partial charge on any atom is -0.393 e. The quantitative estimate of drug-likeness (QED) is 0.479. The zero-order valence-electron chi connectivity index (χ0n) is 13.6. The van der Waals surface area contributed by atoms with Crippen LogP contribution in [0, 0.1) is 23.7 Å². The molecule has 0 radical (unpaired) electrons. The van der Waals surface area contributed by atoms with E-state index in [1.165, 1.54) is 11.1 Å². The molecular weight excluding hydrogens is 312 g/mol. The largest absolute Gasteiger partial charge is 0.393 e. The second-order valence-electron chi connectivity index (χ2n) is 7.20. The molecule has 0 aromatic heterocycles. The highest BCUT2D eigenvalue weighted by atomic mass is 16.6. The molecule has 124 valence electrons. The van der Waals surface area contributed by atoms with Gasteiger partial charge in [-0.1, -0.05) is 72.8 Å². The van der Waals surface area contributed by atoms with Gasteiger partial charge in [0, 0.05) is 0 Å². The van der Waals surface area contributed by atoms with Crippen LogP contribution in [0.15, 0.2) is 72.8 Å². The van der Waals surface area contributed by atoms with Gasteiger partial charge in [-0.25, -0.2) is 0 Å². The van der Waals surface area contributed by atoms with Gasteiger partial charge in [-0.15, -0.1) is 0 Å². The Morgan fingerprint density at radius 3 is 1.36 bits per heavy atom. The first-order valence-corrected chi connectivity index (χ1v) is 8.79. The van der Waals surface area contributed by atoms with E-state index in [0.29, 0.717) is 0 Å². The number of allylic oxidation sites excluding steroid dienone is 2. The summed E-state index contributed by atoms with van der Waals surface area (Å²) < 4.78 is 5.04. The predicted octanol–water partition coefficient (Wildman–Crippen LogP) is 3.69. The highest BCUT2D eigenvalue weighted by molar-refractivity contribution is 5.98. The standard InChI is InChI=1S/C22H18O3/c23-21-19-15-11-12-16(20(19)22(24)25-21)18(14-9-5-2-6-10-14)17(15)13-7-3-1-4-8-13/h1-12,15-20H. The van der Waals surface area contributed by atoms with Crippen LogP contribution >= 0.6 is 0 Å². The van der Waals surface area contributed by atoms with Crippen molar-refractivity contribution in [2.75, 3.05) is 0 Å². The van der Waals surface area contributed by atoms with E-state index in [0.717, 1.165) is 0 Å². The third kappa shape index (κ3) is 2.05. The summed E-state index contributed by atoms with van der Waals surface area (Å²) in [7, 11) is 0. The number of carbonyl (C=O) groups excluding carboxylic acids is 2. The monoisotopic (exact) mass is 330 g/mol. The Bertz CT molecular complexity index is 784. The Kier molecular flexibility index (Phi) is 3.17. The van der Waals surface area contributed by atoms with Crippen molar-refractivity contribution >= 4 is 11.9 Å². The molecule has 2 bridgehead atoms. The lowest BCUT2D eigenvalue weighted by Crippen LogP contribution is -2.47. The maximum atomic E-state index is 12.4. The third-order valence-electron chi connectivity index (χ3n) is 6.10. The number of ether oxygens (including phenoxy) is 1. The molecule has 2 aromatic carbocycles. The molecule has 3 aliphatic carbocycles. The summed E-state index contributed by atoms with van der Waals surface area (Å²) >= 11 is 0. The van der Waals surface area contributed by atoms with Crippen molar-refractivity contribution in [2.24, 2.45) is 23.7 Å². The van der Waals surface area contributed by atoms with Gasteiger partial charge in [-0.3, -0.25) is 9.59 Å². The van der Waals surface area contributed by atoms with Gasteiger partial charge in [0.25, 0.3) is 0 Å². The second-order valence-corrected chi connectivity index (χ2v) is 7.20. The van der Waals surface area contributed by atoms with Gasteiger partial charge in [-0.05, 0) is 34.8 Å². The number of hydrogen-bond acceptors (Lipinski definition) is 3. The molecule has 1 heterocycles. The van der Waals surface area contributed by atoms with E-state index in [4.69, 9.17) is 4.74 Å². The molecule has 1 saturated carbocycles. The van der Waals surface area contributed by atoms with Crippen molar-refractivity contribution in [1.82, 2.24) is 0 Å². The summed E-state index contributed by atoms with van der Waals surface area (Å²) in [5.74, 6) is -1.01. The lowest BCUT2D eigenvalue weighted by molar-refractivity contribution is -0.154. The van der Waals surface area contributed by atoms with Crippen LogP contribution in [0.4, 0.5) is 0 Å². The Labute approximate surface area is 146 Å². The first-order chi connectivity index (χ1) is 12.3. The maximum absolute atomic E-state index is 12.4. The molecule has 2 fully saturated rings. The number of hydrogen-bond donors (Lipinski definition) is 0. The van der Waals surface area contributed by atoms with Gasteiger partial charge in [0.05, 0.1) is 11.8 Å². The van der Waals surface area contributed by atoms with Crippen molar-refractivity contribution < 1.29 is 14.3 Å². The summed E-state index contributed by atoms with van der Waals surface area (Å²) in [5, 5.41) is 0. The average Bonchev–Trinajstić information content (AvgIpc) is 2.99. The SMILES string of the molecule is O=C1OC(=O)C2C3C=CC(C12)C(c1ccccc1)C3c1ccccc1. The molecule has 6 unspecified atom stereocenters. The van der Waals surface area contributed by atoms with Crippen molar-refractivity contribution in [3.63, 3.8) is 0 Å². The molecule has 3 nitrogen and oxygen atoms in total. The summed E-state index contributed by atoms with van der Waals surface area (Å²) in [4.78, 5) is 24.7. The van der Waals surface area contributed by atoms with Gasteiger partial charge in [0.2, 0.25) is 0 Å². The molecule has 0 amide bonds. The summed E-state index contributed by atoms with van der Waals surface area (Å²) in [5.41, 5.74) is 2.45. The summed E-state index contributed by atoms with van der Waals surface area (Å²) in [6.45, 7) is 0. The van der Waals surface area contributed by atoms with Gasteiger partial charge in [0.15, 0.2) is 0 Å². The molecule has 4 aliphatic rings. The predicted molar refractivity (Wildman–Crippen MR) is 92.6 cm³/mol. The molecule has 2 aromatic rings.